The lowest BCUT2D eigenvalue weighted by molar-refractivity contribution is 0.302. The topological polar surface area (TPSA) is 21.6 Å². The summed E-state index contributed by atoms with van der Waals surface area (Å²) in [5.41, 5.74) is 5.25. The average Bonchev–Trinajstić information content (AvgIpc) is 2.63. The van der Waals surface area contributed by atoms with Crippen LogP contribution in [0, 0.1) is 13.8 Å². The molecule has 27 heavy (non-hydrogen) atoms. The Morgan fingerprint density at radius 1 is 0.963 bits per heavy atom. The quantitative estimate of drug-likeness (QED) is 0.323. The number of benzene rings is 3. The molecule has 0 bridgehead atoms. The number of aryl methyl sites for hydroxylation is 2. The Morgan fingerprint density at radius 3 is 2.30 bits per heavy atom. The van der Waals surface area contributed by atoms with Crippen molar-refractivity contribution >= 4 is 55.4 Å². The molecule has 0 amide bonds. The molecule has 0 N–H and O–H groups in total. The number of aliphatic imine (C=N–C) groups is 1. The Bertz CT molecular complexity index is 961. The maximum absolute atomic E-state index is 6.06. The minimum atomic E-state index is 0.507. The third-order valence-electron chi connectivity index (χ3n) is 4.05. The van der Waals surface area contributed by atoms with Crippen molar-refractivity contribution in [2.24, 2.45) is 4.99 Å². The minimum Gasteiger partial charge on any atom is -0.487 e. The summed E-state index contributed by atoms with van der Waals surface area (Å²) >= 11 is 13.3. The first-order chi connectivity index (χ1) is 12.9. The van der Waals surface area contributed by atoms with E-state index in [1.807, 2.05) is 43.5 Å². The van der Waals surface area contributed by atoms with Crippen LogP contribution in [0.5, 0.6) is 5.75 Å². The van der Waals surface area contributed by atoms with Gasteiger partial charge in [0.25, 0.3) is 0 Å². The summed E-state index contributed by atoms with van der Waals surface area (Å²) < 4.78 is 7.73. The van der Waals surface area contributed by atoms with E-state index in [2.05, 4.69) is 68.0 Å². The maximum Gasteiger partial charge on any atom is 0.148 e. The molecular formula is C22H18Br2ClNO. The molecule has 0 spiro atoms. The molecule has 138 valence electrons. The summed E-state index contributed by atoms with van der Waals surface area (Å²) in [5.74, 6) is 0.770. The minimum absolute atomic E-state index is 0.507. The molecule has 0 atom stereocenters. The van der Waals surface area contributed by atoms with Crippen LogP contribution in [0.15, 0.2) is 68.5 Å². The van der Waals surface area contributed by atoms with Gasteiger partial charge in [0, 0.05) is 11.2 Å². The van der Waals surface area contributed by atoms with Crippen LogP contribution in [0.1, 0.15) is 22.3 Å². The SMILES string of the molecule is Cc1ccc(COc2c(Br)cc(C=Nc3cc(Cl)ccc3C)cc2Br)cc1. The number of hydrogen-bond acceptors (Lipinski definition) is 2. The van der Waals surface area contributed by atoms with Crippen LogP contribution >= 0.6 is 43.5 Å². The van der Waals surface area contributed by atoms with Gasteiger partial charge < -0.3 is 4.74 Å². The number of halogens is 3. The summed E-state index contributed by atoms with van der Waals surface area (Å²) in [4.78, 5) is 4.56. The first kappa shape index (κ1) is 20.1. The van der Waals surface area contributed by atoms with E-state index < -0.39 is 0 Å². The summed E-state index contributed by atoms with van der Waals surface area (Å²) in [6.07, 6.45) is 1.82. The second-order valence-electron chi connectivity index (χ2n) is 6.28. The van der Waals surface area contributed by atoms with Crippen LogP contribution < -0.4 is 4.74 Å². The van der Waals surface area contributed by atoms with Gasteiger partial charge in [-0.25, -0.2) is 0 Å². The molecule has 0 unspecified atom stereocenters. The second-order valence-corrected chi connectivity index (χ2v) is 8.42. The summed E-state index contributed by atoms with van der Waals surface area (Å²) in [5, 5.41) is 0.676. The van der Waals surface area contributed by atoms with Gasteiger partial charge in [-0.15, -0.1) is 0 Å². The fraction of sp³-hybridized carbons (Fsp3) is 0.136. The fourth-order valence-electron chi connectivity index (χ4n) is 2.50. The summed E-state index contributed by atoms with van der Waals surface area (Å²) in [6.45, 7) is 4.59. The molecular weight excluding hydrogens is 490 g/mol. The molecule has 0 aliphatic carbocycles. The Balaban J connectivity index is 1.77. The molecule has 3 aromatic carbocycles. The number of rotatable bonds is 5. The van der Waals surface area contributed by atoms with E-state index in [0.29, 0.717) is 11.6 Å². The van der Waals surface area contributed by atoms with Crippen molar-refractivity contribution in [3.63, 3.8) is 0 Å². The van der Waals surface area contributed by atoms with Crippen molar-refractivity contribution in [2.75, 3.05) is 0 Å². The zero-order chi connectivity index (χ0) is 19.4. The van der Waals surface area contributed by atoms with Crippen molar-refractivity contribution in [1.29, 1.82) is 0 Å². The summed E-state index contributed by atoms with van der Waals surface area (Å²) in [7, 11) is 0. The maximum atomic E-state index is 6.06. The molecule has 0 aliphatic heterocycles. The Hall–Kier alpha value is -1.62. The molecule has 3 aromatic rings. The van der Waals surface area contributed by atoms with Gasteiger partial charge in [-0.05, 0) is 86.7 Å². The van der Waals surface area contributed by atoms with Gasteiger partial charge in [-0.3, -0.25) is 4.99 Å². The van der Waals surface area contributed by atoms with Crippen molar-refractivity contribution < 1.29 is 4.74 Å². The van der Waals surface area contributed by atoms with Crippen LogP contribution in [0.4, 0.5) is 5.69 Å². The van der Waals surface area contributed by atoms with Gasteiger partial charge in [0.2, 0.25) is 0 Å². The second kappa shape index (κ2) is 9.05. The highest BCUT2D eigenvalue weighted by Crippen LogP contribution is 2.35. The van der Waals surface area contributed by atoms with Gasteiger partial charge in [-0.1, -0.05) is 47.5 Å². The van der Waals surface area contributed by atoms with Gasteiger partial charge in [0.15, 0.2) is 0 Å². The lowest BCUT2D eigenvalue weighted by atomic mass is 10.2. The van der Waals surface area contributed by atoms with Crippen molar-refractivity contribution in [3.8, 4) is 5.75 Å². The van der Waals surface area contributed by atoms with Crippen molar-refractivity contribution in [2.45, 2.75) is 20.5 Å². The normalized spacial score (nSPS) is 11.1. The predicted molar refractivity (Wildman–Crippen MR) is 121 cm³/mol. The van der Waals surface area contributed by atoms with Gasteiger partial charge >= 0.3 is 0 Å². The highest BCUT2D eigenvalue weighted by Gasteiger charge is 2.09. The molecule has 0 aromatic heterocycles. The Kier molecular flexibility index (Phi) is 6.74. The molecule has 0 aliphatic rings. The first-order valence-corrected chi connectivity index (χ1v) is 10.4. The number of hydrogen-bond donors (Lipinski definition) is 0. The van der Waals surface area contributed by atoms with Crippen molar-refractivity contribution in [1.82, 2.24) is 0 Å². The van der Waals surface area contributed by atoms with Crippen molar-refractivity contribution in [3.05, 3.63) is 90.8 Å². The smallest absolute Gasteiger partial charge is 0.148 e. The lowest BCUT2D eigenvalue weighted by Gasteiger charge is -2.11. The van der Waals surface area contributed by atoms with Crippen LogP contribution in [0.3, 0.4) is 0 Å². The highest BCUT2D eigenvalue weighted by molar-refractivity contribution is 9.11. The number of nitrogens with zero attached hydrogens (tertiary/aromatic N) is 1. The molecule has 0 saturated carbocycles. The largest absolute Gasteiger partial charge is 0.487 e. The number of ether oxygens (including phenoxy) is 1. The van der Waals surface area contributed by atoms with E-state index in [-0.39, 0.29) is 0 Å². The summed E-state index contributed by atoms with van der Waals surface area (Å²) in [6, 6.07) is 18.0. The molecule has 2 nitrogen and oxygen atoms in total. The van der Waals surface area contributed by atoms with Gasteiger partial charge in [0.1, 0.15) is 12.4 Å². The zero-order valence-electron chi connectivity index (χ0n) is 15.0. The van der Waals surface area contributed by atoms with E-state index in [4.69, 9.17) is 16.3 Å². The van der Waals surface area contributed by atoms with Crippen LogP contribution in [-0.2, 0) is 6.61 Å². The van der Waals surface area contributed by atoms with Crippen LogP contribution in [0.2, 0.25) is 5.02 Å². The van der Waals surface area contributed by atoms with E-state index in [1.54, 1.807) is 0 Å². The molecule has 0 radical (unpaired) electrons. The molecule has 0 heterocycles. The zero-order valence-corrected chi connectivity index (χ0v) is 18.9. The van der Waals surface area contributed by atoms with E-state index in [9.17, 15) is 0 Å². The van der Waals surface area contributed by atoms with E-state index in [0.717, 1.165) is 37.1 Å². The molecule has 0 fully saturated rings. The van der Waals surface area contributed by atoms with Crippen LogP contribution in [-0.4, -0.2) is 6.21 Å². The highest BCUT2D eigenvalue weighted by atomic mass is 79.9. The van der Waals surface area contributed by atoms with E-state index >= 15 is 0 Å². The average molecular weight is 508 g/mol. The van der Waals surface area contributed by atoms with E-state index in [1.165, 1.54) is 5.56 Å². The Morgan fingerprint density at radius 2 is 1.63 bits per heavy atom. The molecule has 5 heteroatoms. The van der Waals surface area contributed by atoms with Gasteiger partial charge in [-0.2, -0.15) is 0 Å². The predicted octanol–water partition coefficient (Wildman–Crippen LogP) is 7.81. The third kappa shape index (κ3) is 5.44. The lowest BCUT2D eigenvalue weighted by Crippen LogP contribution is -1.98. The molecule has 3 rings (SSSR count). The monoisotopic (exact) mass is 505 g/mol. The molecule has 0 saturated heterocycles. The standard InChI is InChI=1S/C22H18Br2ClNO/c1-14-3-6-16(7-4-14)13-27-22-19(23)9-17(10-20(22)24)12-26-21-11-18(25)8-5-15(21)2/h3-12H,13H2,1-2H3. The van der Waals surface area contributed by atoms with Gasteiger partial charge in [0.05, 0.1) is 14.6 Å². The first-order valence-electron chi connectivity index (χ1n) is 8.40. The third-order valence-corrected chi connectivity index (χ3v) is 5.46. The Labute approximate surface area is 181 Å². The fourth-order valence-corrected chi connectivity index (χ4v) is 4.11. The van der Waals surface area contributed by atoms with Crippen LogP contribution in [0.25, 0.3) is 0 Å².